The quantitative estimate of drug-likeness (QED) is 0.574. The Morgan fingerprint density at radius 2 is 1.88 bits per heavy atom. The molecule has 0 bridgehead atoms. The van der Waals surface area contributed by atoms with Gasteiger partial charge in [-0.1, -0.05) is 25.5 Å². The Bertz CT molecular complexity index is 619. The van der Waals surface area contributed by atoms with Crippen molar-refractivity contribution >= 4 is 5.97 Å². The van der Waals surface area contributed by atoms with Crippen LogP contribution in [0.2, 0.25) is 0 Å². The van der Waals surface area contributed by atoms with Crippen LogP contribution in [0.15, 0.2) is 23.5 Å². The number of aliphatic hydroxyl groups excluding tert-OH is 1. The minimum absolute atomic E-state index is 0.0305. The second-order valence-corrected chi connectivity index (χ2v) is 9.01. The number of esters is 1. The van der Waals surface area contributed by atoms with Crippen LogP contribution in [0.25, 0.3) is 0 Å². The van der Waals surface area contributed by atoms with Crippen LogP contribution in [0.1, 0.15) is 65.7 Å². The summed E-state index contributed by atoms with van der Waals surface area (Å²) >= 11 is 0. The number of ether oxygens (including phenoxy) is 1. The van der Waals surface area contributed by atoms with Gasteiger partial charge in [0.2, 0.25) is 0 Å². The normalized spacial score (nSPS) is 47.0. The highest BCUT2D eigenvalue weighted by molar-refractivity contribution is 5.67. The summed E-state index contributed by atoms with van der Waals surface area (Å²) in [5.41, 5.74) is 1.81. The summed E-state index contributed by atoms with van der Waals surface area (Å²) < 4.78 is 5.58. The average molecular weight is 330 g/mol. The van der Waals surface area contributed by atoms with E-state index in [0.29, 0.717) is 17.8 Å². The SMILES string of the molecule is CC(=O)OC1=CCC2C3CC=C4C[C@@H](O)CC[C@]4(C)C3CC[C@]12C. The maximum atomic E-state index is 11.5. The van der Waals surface area contributed by atoms with Crippen molar-refractivity contribution in [1.82, 2.24) is 0 Å². The molecule has 6 atom stereocenters. The zero-order valence-corrected chi connectivity index (χ0v) is 15.2. The van der Waals surface area contributed by atoms with Crippen molar-refractivity contribution in [1.29, 1.82) is 0 Å². The van der Waals surface area contributed by atoms with Crippen molar-refractivity contribution in [3.63, 3.8) is 0 Å². The van der Waals surface area contributed by atoms with E-state index in [2.05, 4.69) is 26.0 Å². The van der Waals surface area contributed by atoms with E-state index < -0.39 is 0 Å². The molecule has 3 unspecified atom stereocenters. The van der Waals surface area contributed by atoms with Gasteiger partial charge >= 0.3 is 5.97 Å². The summed E-state index contributed by atoms with van der Waals surface area (Å²) in [6, 6.07) is 0. The standard InChI is InChI=1S/C21H30O3/c1-13(22)24-19-7-6-17-16-5-4-14-12-15(23)8-10-20(14,2)18(16)9-11-21(17,19)3/h4,7,15-18,23H,5-6,8-12H2,1-3H3/t15-,16?,17?,18?,20-,21-/m0/s1. The highest BCUT2D eigenvalue weighted by atomic mass is 16.5. The van der Waals surface area contributed by atoms with E-state index in [0.717, 1.165) is 44.3 Å². The number of rotatable bonds is 1. The first kappa shape index (κ1) is 16.4. The van der Waals surface area contributed by atoms with Crippen LogP contribution in [-0.4, -0.2) is 17.2 Å². The van der Waals surface area contributed by atoms with Crippen LogP contribution >= 0.6 is 0 Å². The molecular formula is C21H30O3. The van der Waals surface area contributed by atoms with Gasteiger partial charge in [0.05, 0.1) is 6.10 Å². The molecular weight excluding hydrogens is 300 g/mol. The van der Waals surface area contributed by atoms with Crippen LogP contribution < -0.4 is 0 Å². The number of aliphatic hydroxyl groups is 1. The molecule has 24 heavy (non-hydrogen) atoms. The predicted octanol–water partition coefficient (Wildman–Crippen LogP) is 4.37. The smallest absolute Gasteiger partial charge is 0.307 e. The van der Waals surface area contributed by atoms with Crippen molar-refractivity contribution in [2.45, 2.75) is 71.8 Å². The van der Waals surface area contributed by atoms with Crippen LogP contribution in [0, 0.1) is 28.6 Å². The van der Waals surface area contributed by atoms with E-state index in [1.54, 1.807) is 0 Å². The van der Waals surface area contributed by atoms with Gasteiger partial charge in [0.25, 0.3) is 0 Å². The molecule has 4 aliphatic rings. The molecule has 0 aliphatic heterocycles. The molecule has 3 nitrogen and oxygen atoms in total. The molecule has 2 fully saturated rings. The van der Waals surface area contributed by atoms with E-state index in [9.17, 15) is 9.90 Å². The monoisotopic (exact) mass is 330 g/mol. The van der Waals surface area contributed by atoms with Gasteiger partial charge in [-0.05, 0) is 74.2 Å². The highest BCUT2D eigenvalue weighted by Crippen LogP contribution is 2.64. The number of carbonyl (C=O) groups is 1. The fourth-order valence-corrected chi connectivity index (χ4v) is 6.48. The molecule has 0 aromatic rings. The maximum absolute atomic E-state index is 11.5. The zero-order chi connectivity index (χ0) is 17.1. The molecule has 0 heterocycles. The molecule has 1 N–H and O–H groups in total. The molecule has 3 heteroatoms. The molecule has 0 aromatic carbocycles. The first-order valence-corrected chi connectivity index (χ1v) is 9.61. The van der Waals surface area contributed by atoms with Gasteiger partial charge in [-0.2, -0.15) is 0 Å². The van der Waals surface area contributed by atoms with Crippen molar-refractivity contribution in [3.8, 4) is 0 Å². The van der Waals surface area contributed by atoms with Crippen molar-refractivity contribution in [2.24, 2.45) is 28.6 Å². The van der Waals surface area contributed by atoms with Crippen molar-refractivity contribution in [3.05, 3.63) is 23.5 Å². The second-order valence-electron chi connectivity index (χ2n) is 9.01. The molecule has 0 saturated heterocycles. The molecule has 0 radical (unpaired) electrons. The number of allylic oxidation sites excluding steroid dienone is 3. The first-order valence-electron chi connectivity index (χ1n) is 9.61. The molecule has 4 aliphatic carbocycles. The van der Waals surface area contributed by atoms with E-state index in [4.69, 9.17) is 4.74 Å². The Balaban J connectivity index is 1.62. The Morgan fingerprint density at radius 3 is 2.62 bits per heavy atom. The lowest BCUT2D eigenvalue weighted by atomic mass is 9.48. The van der Waals surface area contributed by atoms with Crippen molar-refractivity contribution < 1.29 is 14.6 Å². The van der Waals surface area contributed by atoms with Gasteiger partial charge in [-0.3, -0.25) is 4.79 Å². The minimum atomic E-state index is -0.190. The van der Waals surface area contributed by atoms with Crippen LogP contribution in [0.4, 0.5) is 0 Å². The summed E-state index contributed by atoms with van der Waals surface area (Å²) in [6.45, 7) is 6.26. The average Bonchev–Trinajstić information content (AvgIpc) is 2.84. The topological polar surface area (TPSA) is 46.5 Å². The number of carbonyl (C=O) groups excluding carboxylic acids is 1. The van der Waals surface area contributed by atoms with Gasteiger partial charge in [-0.15, -0.1) is 0 Å². The number of hydrogen-bond donors (Lipinski definition) is 1. The molecule has 0 aromatic heterocycles. The Hall–Kier alpha value is -1.09. The summed E-state index contributed by atoms with van der Waals surface area (Å²) in [6.07, 6.45) is 11.9. The lowest BCUT2D eigenvalue weighted by Crippen LogP contribution is -2.50. The third-order valence-electron chi connectivity index (χ3n) is 7.84. The molecule has 0 amide bonds. The maximum Gasteiger partial charge on any atom is 0.307 e. The second kappa shape index (κ2) is 5.45. The van der Waals surface area contributed by atoms with E-state index >= 15 is 0 Å². The van der Waals surface area contributed by atoms with Crippen LogP contribution in [0.3, 0.4) is 0 Å². The lowest BCUT2D eigenvalue weighted by Gasteiger charge is -2.57. The Kier molecular flexibility index (Phi) is 3.72. The zero-order valence-electron chi connectivity index (χ0n) is 15.2. The third-order valence-corrected chi connectivity index (χ3v) is 7.84. The fourth-order valence-electron chi connectivity index (χ4n) is 6.48. The van der Waals surface area contributed by atoms with Crippen molar-refractivity contribution in [2.75, 3.05) is 0 Å². The number of fused-ring (bicyclic) bond motifs is 5. The molecule has 132 valence electrons. The van der Waals surface area contributed by atoms with Gasteiger partial charge in [0.1, 0.15) is 5.76 Å². The highest BCUT2D eigenvalue weighted by Gasteiger charge is 2.57. The fraction of sp³-hybridized carbons (Fsp3) is 0.762. The minimum Gasteiger partial charge on any atom is -0.431 e. The largest absolute Gasteiger partial charge is 0.431 e. The predicted molar refractivity (Wildman–Crippen MR) is 92.9 cm³/mol. The lowest BCUT2D eigenvalue weighted by molar-refractivity contribution is -0.140. The molecule has 2 saturated carbocycles. The first-order chi connectivity index (χ1) is 11.3. The van der Waals surface area contributed by atoms with E-state index in [-0.39, 0.29) is 22.9 Å². The van der Waals surface area contributed by atoms with Crippen LogP contribution in [-0.2, 0) is 9.53 Å². The molecule has 4 rings (SSSR count). The van der Waals surface area contributed by atoms with Crippen LogP contribution in [0.5, 0.6) is 0 Å². The summed E-state index contributed by atoms with van der Waals surface area (Å²) in [5.74, 6) is 2.72. The molecule has 0 spiro atoms. The summed E-state index contributed by atoms with van der Waals surface area (Å²) in [4.78, 5) is 11.5. The van der Waals surface area contributed by atoms with Gasteiger partial charge < -0.3 is 9.84 Å². The van der Waals surface area contributed by atoms with E-state index in [1.165, 1.54) is 18.9 Å². The summed E-state index contributed by atoms with van der Waals surface area (Å²) in [7, 11) is 0. The van der Waals surface area contributed by atoms with Gasteiger partial charge in [0.15, 0.2) is 0 Å². The third kappa shape index (κ3) is 2.23. The van der Waals surface area contributed by atoms with Gasteiger partial charge in [-0.25, -0.2) is 0 Å². The Labute approximate surface area is 145 Å². The van der Waals surface area contributed by atoms with Gasteiger partial charge in [0, 0.05) is 12.3 Å². The number of hydrogen-bond acceptors (Lipinski definition) is 3. The van der Waals surface area contributed by atoms with E-state index in [1.807, 2.05) is 0 Å². The summed E-state index contributed by atoms with van der Waals surface area (Å²) in [5, 5.41) is 10.1. The Morgan fingerprint density at radius 1 is 1.12 bits per heavy atom.